The van der Waals surface area contributed by atoms with Gasteiger partial charge in [-0.25, -0.2) is 0 Å². The minimum atomic E-state index is -0.950. The Bertz CT molecular complexity index is 515. The smallest absolute Gasteiger partial charge is 0.309 e. The number of carbonyl (C=O) groups is 2. The van der Waals surface area contributed by atoms with Gasteiger partial charge in [0.1, 0.15) is 0 Å². The van der Waals surface area contributed by atoms with Crippen LogP contribution in [0.5, 0.6) is 0 Å². The highest BCUT2D eigenvalue weighted by Gasteiger charge is 2.42. The third kappa shape index (κ3) is 2.08. The van der Waals surface area contributed by atoms with Gasteiger partial charge in [0.15, 0.2) is 0 Å². The highest BCUT2D eigenvalue weighted by molar-refractivity contribution is 6.31. The first kappa shape index (κ1) is 12.9. The van der Waals surface area contributed by atoms with Gasteiger partial charge in [-0.3, -0.25) is 9.59 Å². The van der Waals surface area contributed by atoms with Crippen LogP contribution in [-0.4, -0.2) is 28.9 Å². The van der Waals surface area contributed by atoms with Crippen LogP contribution < -0.4 is 0 Å². The number of benzene rings is 1. The quantitative estimate of drug-likeness (QED) is 0.894. The average molecular weight is 268 g/mol. The number of carboxylic acid groups (broad SMARTS) is 1. The molecule has 5 heteroatoms. The number of aryl methyl sites for hydroxylation is 1. The normalized spacial score (nSPS) is 23.5. The van der Waals surface area contributed by atoms with Crippen LogP contribution in [0.1, 0.15) is 23.6 Å². The number of rotatable bonds is 2. The lowest BCUT2D eigenvalue weighted by molar-refractivity contribution is -0.142. The van der Waals surface area contributed by atoms with Crippen LogP contribution in [0, 0.1) is 12.8 Å². The largest absolute Gasteiger partial charge is 0.481 e. The van der Waals surface area contributed by atoms with E-state index in [1.54, 1.807) is 13.1 Å². The van der Waals surface area contributed by atoms with Crippen molar-refractivity contribution in [3.05, 3.63) is 34.3 Å². The zero-order chi connectivity index (χ0) is 13.4. The molecule has 1 aliphatic rings. The van der Waals surface area contributed by atoms with Crippen LogP contribution in [0.4, 0.5) is 0 Å². The molecule has 0 aliphatic carbocycles. The van der Waals surface area contributed by atoms with E-state index in [2.05, 4.69) is 0 Å². The van der Waals surface area contributed by atoms with E-state index in [-0.39, 0.29) is 12.3 Å². The Kier molecular flexibility index (Phi) is 3.30. The molecule has 1 saturated heterocycles. The molecule has 1 aromatic rings. The van der Waals surface area contributed by atoms with Crippen LogP contribution in [0.2, 0.25) is 5.02 Å². The summed E-state index contributed by atoms with van der Waals surface area (Å²) in [6.07, 6.45) is 0.0436. The molecule has 4 nitrogen and oxygen atoms in total. The number of hydrogen-bond donors (Lipinski definition) is 1. The first-order chi connectivity index (χ1) is 8.41. The van der Waals surface area contributed by atoms with E-state index < -0.39 is 17.9 Å². The highest BCUT2D eigenvalue weighted by atomic mass is 35.5. The third-order valence-electron chi connectivity index (χ3n) is 3.44. The number of nitrogens with zero attached hydrogens (tertiary/aromatic N) is 1. The lowest BCUT2D eigenvalue weighted by atomic mass is 9.93. The fourth-order valence-corrected chi connectivity index (χ4v) is 2.53. The molecule has 2 rings (SSSR count). The fourth-order valence-electron chi connectivity index (χ4n) is 2.34. The summed E-state index contributed by atoms with van der Waals surface area (Å²) in [4.78, 5) is 24.4. The summed E-state index contributed by atoms with van der Waals surface area (Å²) in [7, 11) is 1.63. The van der Waals surface area contributed by atoms with Crippen molar-refractivity contribution in [1.82, 2.24) is 4.90 Å². The molecule has 1 aromatic carbocycles. The van der Waals surface area contributed by atoms with Gasteiger partial charge in [-0.05, 0) is 24.1 Å². The molecular formula is C13H14ClNO3. The standard InChI is InChI=1S/C13H14ClNO3/c1-7-3-4-8(5-10(7)14)12-9(13(17)18)6-11(16)15(12)2/h3-5,9,12H,6H2,1-2H3,(H,17,18). The van der Waals surface area contributed by atoms with Crippen molar-refractivity contribution in [1.29, 1.82) is 0 Å². The molecule has 2 atom stereocenters. The maximum atomic E-state index is 11.7. The second kappa shape index (κ2) is 4.61. The summed E-state index contributed by atoms with van der Waals surface area (Å²) < 4.78 is 0. The fraction of sp³-hybridized carbons (Fsp3) is 0.385. The molecule has 2 unspecified atom stereocenters. The lowest BCUT2D eigenvalue weighted by Gasteiger charge is -2.23. The summed E-state index contributed by atoms with van der Waals surface area (Å²) >= 11 is 6.05. The van der Waals surface area contributed by atoms with Crippen LogP contribution in [0.15, 0.2) is 18.2 Å². The molecule has 1 aliphatic heterocycles. The van der Waals surface area contributed by atoms with E-state index >= 15 is 0 Å². The monoisotopic (exact) mass is 267 g/mol. The van der Waals surface area contributed by atoms with Crippen molar-refractivity contribution in [3.8, 4) is 0 Å². The molecule has 1 N–H and O–H groups in total. The summed E-state index contributed by atoms with van der Waals surface area (Å²) in [5.74, 6) is -1.81. The van der Waals surface area contributed by atoms with E-state index in [1.807, 2.05) is 19.1 Å². The molecule has 0 spiro atoms. The van der Waals surface area contributed by atoms with Crippen molar-refractivity contribution in [2.24, 2.45) is 5.92 Å². The molecule has 0 saturated carbocycles. The van der Waals surface area contributed by atoms with Gasteiger partial charge in [-0.1, -0.05) is 23.7 Å². The maximum absolute atomic E-state index is 11.7. The van der Waals surface area contributed by atoms with Crippen molar-refractivity contribution < 1.29 is 14.7 Å². The second-order valence-electron chi connectivity index (χ2n) is 4.61. The van der Waals surface area contributed by atoms with Crippen LogP contribution in [-0.2, 0) is 9.59 Å². The zero-order valence-corrected chi connectivity index (χ0v) is 10.9. The first-order valence-corrected chi connectivity index (χ1v) is 6.04. The minimum absolute atomic E-state index is 0.0436. The Labute approximate surface area is 110 Å². The minimum Gasteiger partial charge on any atom is -0.481 e. The Morgan fingerprint density at radius 1 is 1.50 bits per heavy atom. The number of aliphatic carboxylic acids is 1. The molecule has 1 amide bonds. The van der Waals surface area contributed by atoms with Gasteiger partial charge in [-0.2, -0.15) is 0 Å². The Hall–Kier alpha value is -1.55. The summed E-state index contributed by atoms with van der Waals surface area (Å²) in [5.41, 5.74) is 1.70. The number of amides is 1. The molecule has 1 fully saturated rings. The van der Waals surface area contributed by atoms with Gasteiger partial charge < -0.3 is 10.0 Å². The summed E-state index contributed by atoms with van der Waals surface area (Å²) in [6, 6.07) is 4.98. The molecule has 0 aromatic heterocycles. The molecule has 96 valence electrons. The number of likely N-dealkylation sites (tertiary alicyclic amines) is 1. The van der Waals surface area contributed by atoms with E-state index in [0.717, 1.165) is 11.1 Å². The molecule has 1 heterocycles. The third-order valence-corrected chi connectivity index (χ3v) is 3.85. The van der Waals surface area contributed by atoms with Gasteiger partial charge in [0.2, 0.25) is 5.91 Å². The lowest BCUT2D eigenvalue weighted by Crippen LogP contribution is -2.26. The maximum Gasteiger partial charge on any atom is 0.309 e. The first-order valence-electron chi connectivity index (χ1n) is 5.66. The van der Waals surface area contributed by atoms with Gasteiger partial charge in [0.25, 0.3) is 0 Å². The Balaban J connectivity index is 2.42. The summed E-state index contributed by atoms with van der Waals surface area (Å²) in [6.45, 7) is 1.88. The SMILES string of the molecule is Cc1ccc(C2C(C(=O)O)CC(=O)N2C)cc1Cl. The van der Waals surface area contributed by atoms with E-state index in [0.29, 0.717) is 5.02 Å². The predicted molar refractivity (Wildman–Crippen MR) is 67.4 cm³/mol. The van der Waals surface area contributed by atoms with E-state index in [1.165, 1.54) is 4.90 Å². The number of hydrogen-bond acceptors (Lipinski definition) is 2. The topological polar surface area (TPSA) is 57.6 Å². The van der Waals surface area contributed by atoms with Gasteiger partial charge in [0.05, 0.1) is 12.0 Å². The highest BCUT2D eigenvalue weighted by Crippen LogP contribution is 2.38. The number of carboxylic acids is 1. The average Bonchev–Trinajstić information content (AvgIpc) is 2.60. The molecule has 0 bridgehead atoms. The number of carbonyl (C=O) groups excluding carboxylic acids is 1. The summed E-state index contributed by atoms with van der Waals surface area (Å²) in [5, 5.41) is 9.78. The van der Waals surface area contributed by atoms with Crippen LogP contribution in [0.25, 0.3) is 0 Å². The van der Waals surface area contributed by atoms with Crippen molar-refractivity contribution >= 4 is 23.5 Å². The van der Waals surface area contributed by atoms with Crippen LogP contribution >= 0.6 is 11.6 Å². The van der Waals surface area contributed by atoms with Crippen molar-refractivity contribution in [2.45, 2.75) is 19.4 Å². The van der Waals surface area contributed by atoms with E-state index in [9.17, 15) is 14.7 Å². The molecular weight excluding hydrogens is 254 g/mol. The van der Waals surface area contributed by atoms with Gasteiger partial charge in [0, 0.05) is 18.5 Å². The molecule has 0 radical (unpaired) electrons. The Morgan fingerprint density at radius 2 is 2.17 bits per heavy atom. The van der Waals surface area contributed by atoms with Crippen LogP contribution in [0.3, 0.4) is 0 Å². The second-order valence-corrected chi connectivity index (χ2v) is 5.01. The Morgan fingerprint density at radius 3 is 2.72 bits per heavy atom. The van der Waals surface area contributed by atoms with E-state index in [4.69, 9.17) is 11.6 Å². The predicted octanol–water partition coefficient (Wildman–Crippen LogP) is 2.25. The van der Waals surface area contributed by atoms with Crippen molar-refractivity contribution in [3.63, 3.8) is 0 Å². The number of halogens is 1. The zero-order valence-electron chi connectivity index (χ0n) is 10.2. The van der Waals surface area contributed by atoms with Gasteiger partial charge >= 0.3 is 5.97 Å². The van der Waals surface area contributed by atoms with Crippen molar-refractivity contribution in [2.75, 3.05) is 7.05 Å². The molecule has 18 heavy (non-hydrogen) atoms. The van der Waals surface area contributed by atoms with Gasteiger partial charge in [-0.15, -0.1) is 0 Å².